The van der Waals surface area contributed by atoms with Crippen molar-refractivity contribution >= 4 is 0 Å². The third-order valence-electron chi connectivity index (χ3n) is 4.42. The van der Waals surface area contributed by atoms with Crippen LogP contribution in [-0.4, -0.2) is 13.1 Å². The Morgan fingerprint density at radius 2 is 2.00 bits per heavy atom. The topological polar surface area (TPSA) is 12.0 Å². The van der Waals surface area contributed by atoms with Crippen LogP contribution in [0.3, 0.4) is 0 Å². The maximum absolute atomic E-state index is 3.67. The van der Waals surface area contributed by atoms with Crippen molar-refractivity contribution in [3.63, 3.8) is 0 Å². The molecule has 1 saturated carbocycles. The van der Waals surface area contributed by atoms with E-state index in [9.17, 15) is 0 Å². The lowest BCUT2D eigenvalue weighted by atomic mass is 9.74. The van der Waals surface area contributed by atoms with Gasteiger partial charge < -0.3 is 5.32 Å². The predicted octanol–water partition coefficient (Wildman–Crippen LogP) is 4.05. The molecular formula is C15H27N. The summed E-state index contributed by atoms with van der Waals surface area (Å²) in [6.07, 6.45) is 15.2. The minimum absolute atomic E-state index is 0.565. The van der Waals surface area contributed by atoms with Gasteiger partial charge in [0.15, 0.2) is 0 Å². The van der Waals surface area contributed by atoms with Crippen LogP contribution in [0.25, 0.3) is 0 Å². The lowest BCUT2D eigenvalue weighted by Crippen LogP contribution is -2.34. The molecule has 1 heteroatoms. The van der Waals surface area contributed by atoms with E-state index in [1.54, 1.807) is 5.57 Å². The van der Waals surface area contributed by atoms with Crippen molar-refractivity contribution in [2.24, 2.45) is 5.41 Å². The van der Waals surface area contributed by atoms with E-state index in [1.807, 2.05) is 0 Å². The molecule has 0 atom stereocenters. The van der Waals surface area contributed by atoms with Gasteiger partial charge in [0.05, 0.1) is 0 Å². The third-order valence-corrected chi connectivity index (χ3v) is 4.42. The number of rotatable bonds is 5. The third kappa shape index (κ3) is 2.68. The van der Waals surface area contributed by atoms with E-state index in [2.05, 4.69) is 18.3 Å². The zero-order chi connectivity index (χ0) is 11.3. The van der Waals surface area contributed by atoms with Crippen molar-refractivity contribution in [2.45, 2.75) is 64.7 Å². The molecule has 0 aromatic carbocycles. The number of allylic oxidation sites excluding steroid dienone is 1. The molecule has 2 rings (SSSR count). The van der Waals surface area contributed by atoms with Crippen LogP contribution < -0.4 is 5.32 Å². The highest BCUT2D eigenvalue weighted by molar-refractivity contribution is 5.19. The van der Waals surface area contributed by atoms with Crippen molar-refractivity contribution < 1.29 is 0 Å². The van der Waals surface area contributed by atoms with Gasteiger partial charge in [0.1, 0.15) is 0 Å². The second-order valence-electron chi connectivity index (χ2n) is 5.64. The quantitative estimate of drug-likeness (QED) is 0.545. The molecule has 0 amide bonds. The maximum atomic E-state index is 3.67. The Labute approximate surface area is 101 Å². The Bertz CT molecular complexity index is 236. The van der Waals surface area contributed by atoms with Gasteiger partial charge in [-0.05, 0) is 51.5 Å². The van der Waals surface area contributed by atoms with Crippen molar-refractivity contribution in [3.8, 4) is 0 Å². The average molecular weight is 221 g/mol. The second-order valence-corrected chi connectivity index (χ2v) is 5.64. The number of nitrogens with one attached hydrogen (secondary N) is 1. The zero-order valence-corrected chi connectivity index (χ0v) is 10.9. The maximum Gasteiger partial charge on any atom is 0.00452 e. The highest BCUT2D eigenvalue weighted by Gasteiger charge is 2.36. The van der Waals surface area contributed by atoms with Crippen molar-refractivity contribution in [1.29, 1.82) is 0 Å². The van der Waals surface area contributed by atoms with Gasteiger partial charge in [0.2, 0.25) is 0 Å². The standard InChI is InChI=1S/C15H27N/c1-2-12-16-13-15(10-6-7-11-15)14-8-4-3-5-9-14/h8,16H,2-7,9-13H2,1H3. The SMILES string of the molecule is CCCNCC1(C2=CCCCC2)CCCC1. The first-order valence-corrected chi connectivity index (χ1v) is 7.28. The fourth-order valence-corrected chi connectivity index (χ4v) is 3.49. The van der Waals surface area contributed by atoms with Gasteiger partial charge in [-0.15, -0.1) is 0 Å². The molecule has 1 N–H and O–H groups in total. The summed E-state index contributed by atoms with van der Waals surface area (Å²) in [6.45, 7) is 4.69. The van der Waals surface area contributed by atoms with Crippen LogP contribution in [-0.2, 0) is 0 Å². The molecule has 0 aromatic rings. The average Bonchev–Trinajstić information content (AvgIpc) is 2.81. The molecule has 0 heterocycles. The van der Waals surface area contributed by atoms with Gasteiger partial charge in [-0.25, -0.2) is 0 Å². The summed E-state index contributed by atoms with van der Waals surface area (Å²) in [4.78, 5) is 0. The summed E-state index contributed by atoms with van der Waals surface area (Å²) in [6, 6.07) is 0. The molecule has 92 valence electrons. The first-order valence-electron chi connectivity index (χ1n) is 7.28. The molecule has 0 aliphatic heterocycles. The largest absolute Gasteiger partial charge is 0.316 e. The van der Waals surface area contributed by atoms with Gasteiger partial charge in [-0.3, -0.25) is 0 Å². The van der Waals surface area contributed by atoms with Crippen LogP contribution in [0, 0.1) is 5.41 Å². The van der Waals surface area contributed by atoms with Crippen molar-refractivity contribution in [3.05, 3.63) is 11.6 Å². The minimum atomic E-state index is 0.565. The first-order chi connectivity index (χ1) is 7.87. The van der Waals surface area contributed by atoms with E-state index in [0.717, 1.165) is 0 Å². The molecule has 0 saturated heterocycles. The van der Waals surface area contributed by atoms with Crippen molar-refractivity contribution in [1.82, 2.24) is 5.32 Å². The van der Waals surface area contributed by atoms with E-state index in [4.69, 9.17) is 0 Å². The van der Waals surface area contributed by atoms with E-state index in [1.165, 1.54) is 70.9 Å². The number of hydrogen-bond donors (Lipinski definition) is 1. The molecule has 0 radical (unpaired) electrons. The van der Waals surface area contributed by atoms with Crippen LogP contribution in [0.1, 0.15) is 64.7 Å². The molecule has 16 heavy (non-hydrogen) atoms. The van der Waals surface area contributed by atoms with Gasteiger partial charge in [-0.2, -0.15) is 0 Å². The minimum Gasteiger partial charge on any atom is -0.316 e. The van der Waals surface area contributed by atoms with Crippen LogP contribution in [0.2, 0.25) is 0 Å². The monoisotopic (exact) mass is 221 g/mol. The van der Waals surface area contributed by atoms with E-state index in [0.29, 0.717) is 5.41 Å². The Hall–Kier alpha value is -0.300. The van der Waals surface area contributed by atoms with Gasteiger partial charge in [0.25, 0.3) is 0 Å². The highest BCUT2D eigenvalue weighted by Crippen LogP contribution is 2.46. The van der Waals surface area contributed by atoms with E-state index < -0.39 is 0 Å². The summed E-state index contributed by atoms with van der Waals surface area (Å²) < 4.78 is 0. The van der Waals surface area contributed by atoms with Crippen LogP contribution >= 0.6 is 0 Å². The Balaban J connectivity index is 1.99. The number of hydrogen-bond acceptors (Lipinski definition) is 1. The fourth-order valence-electron chi connectivity index (χ4n) is 3.49. The van der Waals surface area contributed by atoms with Gasteiger partial charge in [0, 0.05) is 12.0 Å². The molecule has 1 nitrogen and oxygen atoms in total. The molecule has 2 aliphatic carbocycles. The Morgan fingerprint density at radius 1 is 1.19 bits per heavy atom. The normalized spacial score (nSPS) is 24.4. The molecule has 2 aliphatic rings. The van der Waals surface area contributed by atoms with Gasteiger partial charge in [-0.1, -0.05) is 31.4 Å². The second kappa shape index (κ2) is 5.86. The van der Waals surface area contributed by atoms with Crippen molar-refractivity contribution in [2.75, 3.05) is 13.1 Å². The summed E-state index contributed by atoms with van der Waals surface area (Å²) in [7, 11) is 0. The fraction of sp³-hybridized carbons (Fsp3) is 0.867. The molecule has 0 bridgehead atoms. The lowest BCUT2D eigenvalue weighted by Gasteiger charge is -2.34. The smallest absolute Gasteiger partial charge is 0.00452 e. The molecule has 1 fully saturated rings. The summed E-state index contributed by atoms with van der Waals surface area (Å²) in [5.41, 5.74) is 2.37. The van der Waals surface area contributed by atoms with E-state index >= 15 is 0 Å². The zero-order valence-electron chi connectivity index (χ0n) is 10.9. The molecule has 0 unspecified atom stereocenters. The van der Waals surface area contributed by atoms with Crippen LogP contribution in [0.4, 0.5) is 0 Å². The Morgan fingerprint density at radius 3 is 2.62 bits per heavy atom. The molecule has 0 aromatic heterocycles. The van der Waals surface area contributed by atoms with Gasteiger partial charge >= 0.3 is 0 Å². The first kappa shape index (κ1) is 12.2. The summed E-state index contributed by atoms with van der Waals surface area (Å²) >= 11 is 0. The Kier molecular flexibility index (Phi) is 4.45. The van der Waals surface area contributed by atoms with Crippen LogP contribution in [0.15, 0.2) is 11.6 Å². The molecule has 0 spiro atoms. The summed E-state index contributed by atoms with van der Waals surface area (Å²) in [5, 5.41) is 3.67. The van der Waals surface area contributed by atoms with E-state index in [-0.39, 0.29) is 0 Å². The lowest BCUT2D eigenvalue weighted by molar-refractivity contribution is 0.324. The summed E-state index contributed by atoms with van der Waals surface area (Å²) in [5.74, 6) is 0. The predicted molar refractivity (Wildman–Crippen MR) is 70.6 cm³/mol. The van der Waals surface area contributed by atoms with Crippen LogP contribution in [0.5, 0.6) is 0 Å². The highest BCUT2D eigenvalue weighted by atomic mass is 14.9. The molecular weight excluding hydrogens is 194 g/mol.